The van der Waals surface area contributed by atoms with Crippen LogP contribution in [0.2, 0.25) is 0 Å². The molecule has 0 spiro atoms. The summed E-state index contributed by atoms with van der Waals surface area (Å²) in [6, 6.07) is 23.3. The number of para-hydroxylation sites is 3. The summed E-state index contributed by atoms with van der Waals surface area (Å²) < 4.78 is 7.41. The molecule has 1 aliphatic heterocycles. The Morgan fingerprint density at radius 2 is 1.68 bits per heavy atom. The lowest BCUT2D eigenvalue weighted by atomic mass is 10.1. The van der Waals surface area contributed by atoms with Crippen molar-refractivity contribution in [2.24, 2.45) is 7.05 Å². The summed E-state index contributed by atoms with van der Waals surface area (Å²) in [5, 5.41) is 3.92. The summed E-state index contributed by atoms with van der Waals surface area (Å²) in [5.41, 5.74) is 4.58. The molecule has 0 aliphatic carbocycles. The van der Waals surface area contributed by atoms with Gasteiger partial charge in [-0.15, -0.1) is 0 Å². The van der Waals surface area contributed by atoms with Gasteiger partial charge in [0.15, 0.2) is 11.0 Å². The van der Waals surface area contributed by atoms with E-state index in [4.69, 9.17) is 4.74 Å². The molecule has 3 aromatic carbocycles. The van der Waals surface area contributed by atoms with Crippen LogP contribution in [0.5, 0.6) is 5.75 Å². The van der Waals surface area contributed by atoms with Crippen LogP contribution in [0, 0.1) is 0 Å². The van der Waals surface area contributed by atoms with Crippen molar-refractivity contribution >= 4 is 46.0 Å². The molecular formula is C28H30N5O3S+. The second kappa shape index (κ2) is 11.0. The summed E-state index contributed by atoms with van der Waals surface area (Å²) in [4.78, 5) is 33.0. The van der Waals surface area contributed by atoms with E-state index in [-0.39, 0.29) is 11.8 Å². The molecule has 1 saturated heterocycles. The number of benzene rings is 3. The number of anilines is 2. The molecule has 0 bridgehead atoms. The first-order valence-corrected chi connectivity index (χ1v) is 13.2. The highest BCUT2D eigenvalue weighted by molar-refractivity contribution is 7.99. The number of piperazine rings is 1. The molecule has 1 aliphatic rings. The lowest BCUT2D eigenvalue weighted by Crippen LogP contribution is -2.48. The van der Waals surface area contributed by atoms with E-state index in [1.165, 1.54) is 11.8 Å². The lowest BCUT2D eigenvalue weighted by Gasteiger charge is -2.36. The van der Waals surface area contributed by atoms with E-state index >= 15 is 0 Å². The number of nitrogens with zero attached hydrogens (tertiary/aromatic N) is 3. The number of ether oxygens (including phenoxy) is 1. The highest BCUT2D eigenvalue weighted by atomic mass is 32.2. The van der Waals surface area contributed by atoms with Gasteiger partial charge in [0.05, 0.1) is 25.5 Å². The molecule has 0 atom stereocenters. The number of H-pyrrole nitrogens is 1. The molecule has 4 aromatic rings. The molecule has 37 heavy (non-hydrogen) atoms. The maximum atomic E-state index is 13.0. The number of carbonyl (C=O) groups excluding carboxylic acids is 2. The largest absolute Gasteiger partial charge is 0.496 e. The number of rotatable bonds is 7. The maximum Gasteiger partial charge on any atom is 0.317 e. The van der Waals surface area contributed by atoms with Gasteiger partial charge in [0.1, 0.15) is 5.75 Å². The minimum Gasteiger partial charge on any atom is -0.496 e. The summed E-state index contributed by atoms with van der Waals surface area (Å²) in [5.74, 6) is 0.847. The number of aromatic amines is 1. The molecule has 0 saturated carbocycles. The van der Waals surface area contributed by atoms with Gasteiger partial charge in [-0.2, -0.15) is 0 Å². The third kappa shape index (κ3) is 5.41. The average Bonchev–Trinajstić information content (AvgIpc) is 3.27. The molecule has 1 fully saturated rings. The summed E-state index contributed by atoms with van der Waals surface area (Å²) in [6.45, 7) is 2.76. The maximum absolute atomic E-state index is 13.0. The number of carbonyl (C=O) groups is 2. The Kier molecular flexibility index (Phi) is 7.32. The van der Waals surface area contributed by atoms with Gasteiger partial charge < -0.3 is 19.9 Å². The number of amides is 2. The van der Waals surface area contributed by atoms with Crippen LogP contribution in [0.25, 0.3) is 11.0 Å². The Balaban J connectivity index is 1.12. The molecule has 0 radical (unpaired) electrons. The van der Waals surface area contributed by atoms with Crippen LogP contribution in [0.4, 0.5) is 11.4 Å². The van der Waals surface area contributed by atoms with E-state index in [0.29, 0.717) is 30.2 Å². The number of thioether (sulfide) groups is 1. The zero-order valence-electron chi connectivity index (χ0n) is 20.9. The van der Waals surface area contributed by atoms with Crippen molar-refractivity contribution in [1.82, 2.24) is 9.88 Å². The number of imidazole rings is 1. The Morgan fingerprint density at radius 1 is 0.973 bits per heavy atom. The molecule has 2 N–H and O–H groups in total. The van der Waals surface area contributed by atoms with Crippen molar-refractivity contribution in [1.29, 1.82) is 0 Å². The van der Waals surface area contributed by atoms with Gasteiger partial charge in [-0.05, 0) is 60.3 Å². The molecule has 9 heteroatoms. The molecule has 1 aromatic heterocycles. The quantitative estimate of drug-likeness (QED) is 0.289. The van der Waals surface area contributed by atoms with Crippen molar-refractivity contribution in [3.05, 3.63) is 78.4 Å². The van der Waals surface area contributed by atoms with Gasteiger partial charge in [0.2, 0.25) is 5.91 Å². The Bertz CT molecular complexity index is 1410. The summed E-state index contributed by atoms with van der Waals surface area (Å²) >= 11 is 1.48. The van der Waals surface area contributed by atoms with Gasteiger partial charge in [-0.25, -0.2) is 9.55 Å². The van der Waals surface area contributed by atoms with Gasteiger partial charge in [0.25, 0.3) is 5.91 Å². The minimum absolute atomic E-state index is 0.00549. The number of nitrogens with one attached hydrogen (secondary N) is 2. The zero-order valence-corrected chi connectivity index (χ0v) is 21.8. The Hall–Kier alpha value is -3.98. The topological polar surface area (TPSA) is 81.5 Å². The monoisotopic (exact) mass is 516 g/mol. The number of aryl methyl sites for hydroxylation is 1. The second-order valence-electron chi connectivity index (χ2n) is 8.87. The number of fused-ring (bicyclic) bond motifs is 1. The normalized spacial score (nSPS) is 13.6. The van der Waals surface area contributed by atoms with Gasteiger partial charge in [0, 0.05) is 37.6 Å². The average molecular weight is 517 g/mol. The fraction of sp³-hybridized carbons (Fsp3) is 0.250. The standard InChI is InChI=1S/C28H29N5O3S/c1-31-24-9-5-4-8-23(24)30-28(31)37-19-26(34)29-20-11-13-21(14-12-20)32-15-17-33(18-16-32)27(35)22-7-3-6-10-25(22)36-2/h3-14H,15-19H2,1-2H3,(H,29,34)/p+1. The fourth-order valence-electron chi connectivity index (χ4n) is 4.56. The fourth-order valence-corrected chi connectivity index (χ4v) is 5.37. The van der Waals surface area contributed by atoms with Crippen molar-refractivity contribution in [2.75, 3.05) is 49.3 Å². The van der Waals surface area contributed by atoms with Gasteiger partial charge in [-0.3, -0.25) is 9.59 Å². The number of methoxy groups -OCH3 is 1. The van der Waals surface area contributed by atoms with E-state index < -0.39 is 0 Å². The molecule has 8 nitrogen and oxygen atoms in total. The number of aromatic nitrogens is 2. The van der Waals surface area contributed by atoms with Crippen LogP contribution in [0.3, 0.4) is 0 Å². The molecule has 2 amide bonds. The molecule has 190 valence electrons. The zero-order chi connectivity index (χ0) is 25.8. The van der Waals surface area contributed by atoms with Gasteiger partial charge >= 0.3 is 5.16 Å². The predicted molar refractivity (Wildman–Crippen MR) is 146 cm³/mol. The highest BCUT2D eigenvalue weighted by Crippen LogP contribution is 2.23. The number of hydrogen-bond donors (Lipinski definition) is 2. The first-order valence-electron chi connectivity index (χ1n) is 12.2. The summed E-state index contributed by atoms with van der Waals surface area (Å²) in [7, 11) is 3.57. The van der Waals surface area contributed by atoms with Gasteiger partial charge in [-0.1, -0.05) is 24.3 Å². The van der Waals surface area contributed by atoms with Crippen LogP contribution in [-0.2, 0) is 11.8 Å². The number of hydrogen-bond acceptors (Lipinski definition) is 5. The molecule has 2 heterocycles. The third-order valence-corrected chi connectivity index (χ3v) is 7.63. The van der Waals surface area contributed by atoms with Crippen molar-refractivity contribution in [3.8, 4) is 5.75 Å². The van der Waals surface area contributed by atoms with Crippen molar-refractivity contribution in [3.63, 3.8) is 0 Å². The first kappa shape index (κ1) is 24.7. The van der Waals surface area contributed by atoms with Crippen LogP contribution in [-0.4, -0.2) is 60.7 Å². The van der Waals surface area contributed by atoms with E-state index in [1.54, 1.807) is 13.2 Å². The van der Waals surface area contributed by atoms with Crippen LogP contribution < -0.4 is 19.5 Å². The third-order valence-electron chi connectivity index (χ3n) is 6.57. The predicted octanol–water partition coefficient (Wildman–Crippen LogP) is 3.69. The molecule has 5 rings (SSSR count). The minimum atomic E-state index is -0.0557. The molecular weight excluding hydrogens is 486 g/mol. The van der Waals surface area contributed by atoms with E-state index in [2.05, 4.69) is 25.8 Å². The van der Waals surface area contributed by atoms with E-state index in [1.807, 2.05) is 72.6 Å². The van der Waals surface area contributed by atoms with Crippen molar-refractivity contribution in [2.45, 2.75) is 5.16 Å². The Morgan fingerprint density at radius 3 is 2.41 bits per heavy atom. The summed E-state index contributed by atoms with van der Waals surface area (Å²) in [6.07, 6.45) is 0. The lowest BCUT2D eigenvalue weighted by molar-refractivity contribution is -0.683. The van der Waals surface area contributed by atoms with Crippen molar-refractivity contribution < 1.29 is 18.9 Å². The van der Waals surface area contributed by atoms with Crippen LogP contribution in [0.15, 0.2) is 78.0 Å². The van der Waals surface area contributed by atoms with Crippen LogP contribution >= 0.6 is 11.8 Å². The first-order chi connectivity index (χ1) is 18.0. The van der Waals surface area contributed by atoms with E-state index in [0.717, 1.165) is 40.7 Å². The Labute approximate surface area is 220 Å². The smallest absolute Gasteiger partial charge is 0.317 e. The SMILES string of the molecule is COc1ccccc1C(=O)N1CCN(c2ccc(NC(=O)CSc3[nH]c4ccccc4[n+]3C)cc2)CC1. The molecule has 0 unspecified atom stereocenters. The highest BCUT2D eigenvalue weighted by Gasteiger charge is 2.24. The van der Waals surface area contributed by atoms with Crippen LogP contribution in [0.1, 0.15) is 10.4 Å². The second-order valence-corrected chi connectivity index (χ2v) is 9.83. The van der Waals surface area contributed by atoms with E-state index in [9.17, 15) is 9.59 Å².